The van der Waals surface area contributed by atoms with Crippen molar-refractivity contribution in [2.75, 3.05) is 10.6 Å². The predicted octanol–water partition coefficient (Wildman–Crippen LogP) is 3.31. The first-order valence-corrected chi connectivity index (χ1v) is 6.79. The molecule has 1 spiro atoms. The molecule has 3 nitrogen and oxygen atoms in total. The van der Waals surface area contributed by atoms with E-state index < -0.39 is 0 Å². The highest BCUT2D eigenvalue weighted by atomic mass is 16.2. The van der Waals surface area contributed by atoms with Gasteiger partial charge in [-0.25, -0.2) is 0 Å². The Bertz CT molecular complexity index is 497. The van der Waals surface area contributed by atoms with Crippen LogP contribution >= 0.6 is 0 Å². The Morgan fingerprint density at radius 1 is 1.33 bits per heavy atom. The molecule has 1 aromatic carbocycles. The largest absolute Gasteiger partial charge is 0.369 e. The van der Waals surface area contributed by atoms with E-state index in [2.05, 4.69) is 30.5 Å². The van der Waals surface area contributed by atoms with Crippen LogP contribution < -0.4 is 10.6 Å². The molecular formula is C15H20N2O. The van der Waals surface area contributed by atoms with E-state index >= 15 is 0 Å². The van der Waals surface area contributed by atoms with Gasteiger partial charge in [0.05, 0.1) is 11.4 Å². The van der Waals surface area contributed by atoms with E-state index in [1.807, 2.05) is 12.1 Å². The molecule has 96 valence electrons. The van der Waals surface area contributed by atoms with Crippen molar-refractivity contribution in [2.45, 2.75) is 45.1 Å². The lowest BCUT2D eigenvalue weighted by atomic mass is 9.74. The number of hydrogen-bond acceptors (Lipinski definition) is 2. The normalized spacial score (nSPS) is 30.6. The highest BCUT2D eigenvalue weighted by Crippen LogP contribution is 2.41. The molecule has 0 saturated heterocycles. The van der Waals surface area contributed by atoms with Crippen LogP contribution in [0.4, 0.5) is 11.4 Å². The minimum absolute atomic E-state index is 0.144. The molecule has 1 amide bonds. The van der Waals surface area contributed by atoms with Gasteiger partial charge in [0.2, 0.25) is 5.91 Å². The Morgan fingerprint density at radius 2 is 2.17 bits per heavy atom. The summed E-state index contributed by atoms with van der Waals surface area (Å²) in [4.78, 5) is 12.4. The molecule has 1 saturated carbocycles. The predicted molar refractivity (Wildman–Crippen MR) is 73.8 cm³/mol. The number of benzene rings is 1. The number of rotatable bonds is 0. The third-order valence-corrected chi connectivity index (χ3v) is 4.23. The van der Waals surface area contributed by atoms with Crippen LogP contribution in [0.5, 0.6) is 0 Å². The molecule has 1 aliphatic carbocycles. The van der Waals surface area contributed by atoms with Crippen molar-refractivity contribution in [3.05, 3.63) is 23.8 Å². The standard InChI is InChI=1S/C15H20N2O/c1-10-5-6-12-13(8-10)17-15(14(18)16-12)7-3-4-11(2)9-15/h5-6,8,11,17H,3-4,7,9H2,1-2H3,(H,16,18). The molecule has 18 heavy (non-hydrogen) atoms. The van der Waals surface area contributed by atoms with Crippen LogP contribution in [0.15, 0.2) is 18.2 Å². The van der Waals surface area contributed by atoms with Crippen molar-refractivity contribution in [1.82, 2.24) is 0 Å². The second-order valence-electron chi connectivity index (χ2n) is 5.91. The third-order valence-electron chi connectivity index (χ3n) is 4.23. The van der Waals surface area contributed by atoms with E-state index in [4.69, 9.17) is 0 Å². The maximum atomic E-state index is 12.4. The summed E-state index contributed by atoms with van der Waals surface area (Å²) in [6.07, 6.45) is 4.24. The van der Waals surface area contributed by atoms with Gasteiger partial charge in [0.25, 0.3) is 0 Å². The molecule has 2 atom stereocenters. The zero-order chi connectivity index (χ0) is 12.8. The first kappa shape index (κ1) is 11.6. The molecule has 3 heteroatoms. The quantitative estimate of drug-likeness (QED) is 0.735. The van der Waals surface area contributed by atoms with Crippen molar-refractivity contribution in [3.8, 4) is 0 Å². The van der Waals surface area contributed by atoms with Gasteiger partial charge in [-0.2, -0.15) is 0 Å². The number of nitrogens with one attached hydrogen (secondary N) is 2. The molecule has 2 aliphatic rings. The summed E-state index contributed by atoms with van der Waals surface area (Å²) in [5.74, 6) is 0.758. The molecule has 1 heterocycles. The average molecular weight is 244 g/mol. The van der Waals surface area contributed by atoms with Crippen LogP contribution in [-0.2, 0) is 4.79 Å². The van der Waals surface area contributed by atoms with E-state index in [0.29, 0.717) is 5.92 Å². The minimum atomic E-state index is -0.377. The maximum absolute atomic E-state index is 12.4. The highest BCUT2D eigenvalue weighted by Gasteiger charge is 2.44. The Labute approximate surface area is 108 Å². The molecular weight excluding hydrogens is 224 g/mol. The number of anilines is 2. The Hall–Kier alpha value is -1.51. The number of aryl methyl sites for hydroxylation is 1. The first-order chi connectivity index (χ1) is 8.59. The fourth-order valence-corrected chi connectivity index (χ4v) is 3.30. The van der Waals surface area contributed by atoms with E-state index in [1.165, 1.54) is 12.0 Å². The van der Waals surface area contributed by atoms with Crippen LogP contribution in [0.2, 0.25) is 0 Å². The second kappa shape index (κ2) is 4.01. The minimum Gasteiger partial charge on any atom is -0.369 e. The average Bonchev–Trinajstić information content (AvgIpc) is 2.31. The van der Waals surface area contributed by atoms with Crippen LogP contribution in [0.25, 0.3) is 0 Å². The zero-order valence-electron chi connectivity index (χ0n) is 11.0. The van der Waals surface area contributed by atoms with Crippen LogP contribution in [0.3, 0.4) is 0 Å². The molecule has 1 aromatic rings. The first-order valence-electron chi connectivity index (χ1n) is 6.79. The summed E-state index contributed by atoms with van der Waals surface area (Å²) in [5, 5.41) is 6.59. The van der Waals surface area contributed by atoms with Gasteiger partial charge in [-0.05, 0) is 43.4 Å². The van der Waals surface area contributed by atoms with Gasteiger partial charge in [-0.1, -0.05) is 25.8 Å². The summed E-state index contributed by atoms with van der Waals surface area (Å²) in [6.45, 7) is 4.32. The molecule has 2 unspecified atom stereocenters. The fourth-order valence-electron chi connectivity index (χ4n) is 3.30. The molecule has 0 radical (unpaired) electrons. The van der Waals surface area contributed by atoms with Crippen LogP contribution in [0, 0.1) is 12.8 Å². The van der Waals surface area contributed by atoms with Gasteiger partial charge < -0.3 is 10.6 Å². The van der Waals surface area contributed by atoms with Crippen molar-refractivity contribution >= 4 is 17.3 Å². The topological polar surface area (TPSA) is 41.1 Å². The highest BCUT2D eigenvalue weighted by molar-refractivity contribution is 6.06. The van der Waals surface area contributed by atoms with Gasteiger partial charge in [0.15, 0.2) is 0 Å². The molecule has 0 aromatic heterocycles. The molecule has 3 rings (SSSR count). The lowest BCUT2D eigenvalue weighted by Gasteiger charge is -2.43. The fraction of sp³-hybridized carbons (Fsp3) is 0.533. The van der Waals surface area contributed by atoms with Gasteiger partial charge in [0.1, 0.15) is 5.54 Å². The number of hydrogen-bond donors (Lipinski definition) is 2. The van der Waals surface area contributed by atoms with E-state index in [1.54, 1.807) is 0 Å². The van der Waals surface area contributed by atoms with Crippen molar-refractivity contribution < 1.29 is 4.79 Å². The van der Waals surface area contributed by atoms with E-state index in [0.717, 1.165) is 30.6 Å². The van der Waals surface area contributed by atoms with Crippen molar-refractivity contribution in [2.24, 2.45) is 5.92 Å². The van der Waals surface area contributed by atoms with Gasteiger partial charge >= 0.3 is 0 Å². The van der Waals surface area contributed by atoms with E-state index in [-0.39, 0.29) is 11.4 Å². The van der Waals surface area contributed by atoms with Crippen molar-refractivity contribution in [1.29, 1.82) is 0 Å². The number of fused-ring (bicyclic) bond motifs is 1. The summed E-state index contributed by atoms with van der Waals surface area (Å²) in [7, 11) is 0. The summed E-state index contributed by atoms with van der Waals surface area (Å²) in [5.41, 5.74) is 2.83. The van der Waals surface area contributed by atoms with Crippen LogP contribution in [-0.4, -0.2) is 11.4 Å². The van der Waals surface area contributed by atoms with Gasteiger partial charge in [0, 0.05) is 0 Å². The molecule has 1 aliphatic heterocycles. The molecule has 2 N–H and O–H groups in total. The second-order valence-corrected chi connectivity index (χ2v) is 5.91. The summed E-state index contributed by atoms with van der Waals surface area (Å²) < 4.78 is 0. The zero-order valence-corrected chi connectivity index (χ0v) is 11.0. The van der Waals surface area contributed by atoms with Gasteiger partial charge in [-0.3, -0.25) is 4.79 Å². The van der Waals surface area contributed by atoms with Crippen molar-refractivity contribution in [3.63, 3.8) is 0 Å². The number of carbonyl (C=O) groups excluding carboxylic acids is 1. The monoisotopic (exact) mass is 244 g/mol. The van der Waals surface area contributed by atoms with E-state index in [9.17, 15) is 4.79 Å². The SMILES string of the molecule is Cc1ccc2c(c1)NC1(CCCC(C)C1)C(=O)N2. The maximum Gasteiger partial charge on any atom is 0.250 e. The number of amides is 1. The summed E-state index contributed by atoms with van der Waals surface area (Å²) in [6, 6.07) is 6.13. The lowest BCUT2D eigenvalue weighted by molar-refractivity contribution is -0.122. The molecule has 1 fully saturated rings. The van der Waals surface area contributed by atoms with Crippen LogP contribution in [0.1, 0.15) is 38.2 Å². The smallest absolute Gasteiger partial charge is 0.250 e. The van der Waals surface area contributed by atoms with Gasteiger partial charge in [-0.15, -0.1) is 0 Å². The Balaban J connectivity index is 1.97. The lowest BCUT2D eigenvalue weighted by Crippen LogP contribution is -2.54. The third kappa shape index (κ3) is 1.78. The summed E-state index contributed by atoms with van der Waals surface area (Å²) >= 11 is 0. The Morgan fingerprint density at radius 3 is 2.94 bits per heavy atom. The Kier molecular flexibility index (Phi) is 2.58. The molecule has 0 bridgehead atoms. The number of carbonyl (C=O) groups is 1.